The number of anilines is 1. The standard InChI is InChI=1S/C19H17F3N2O6/c1-2-29-18(28)14(16(25)24-15-13(17(26)27)4-3-9-23-15)30-10-11-5-7-12(8-6-11)19(20,21)22/h3-9,14H,2,10H2,1H3,(H,26,27)(H,23,24,25). The molecule has 2 rings (SSSR count). The van der Waals surface area contributed by atoms with E-state index in [0.717, 1.165) is 24.3 Å². The average molecular weight is 426 g/mol. The first-order chi connectivity index (χ1) is 14.1. The van der Waals surface area contributed by atoms with Crippen molar-refractivity contribution < 1.29 is 42.1 Å². The molecule has 0 aliphatic heterocycles. The van der Waals surface area contributed by atoms with Crippen LogP contribution in [0.2, 0.25) is 0 Å². The Kier molecular flexibility index (Phi) is 7.48. The third-order valence-electron chi connectivity index (χ3n) is 3.72. The lowest BCUT2D eigenvalue weighted by molar-refractivity contribution is -0.161. The molecule has 11 heteroatoms. The molecule has 1 aromatic carbocycles. The van der Waals surface area contributed by atoms with E-state index in [1.54, 1.807) is 0 Å². The minimum absolute atomic E-state index is 0.0593. The topological polar surface area (TPSA) is 115 Å². The summed E-state index contributed by atoms with van der Waals surface area (Å²) in [6.07, 6.45) is -5.06. The number of carbonyl (C=O) groups excluding carboxylic acids is 2. The van der Waals surface area contributed by atoms with E-state index in [0.29, 0.717) is 0 Å². The minimum Gasteiger partial charge on any atom is -0.478 e. The van der Waals surface area contributed by atoms with Gasteiger partial charge in [0, 0.05) is 6.20 Å². The van der Waals surface area contributed by atoms with E-state index in [2.05, 4.69) is 10.3 Å². The lowest BCUT2D eigenvalue weighted by atomic mass is 10.1. The molecule has 0 radical (unpaired) electrons. The van der Waals surface area contributed by atoms with Gasteiger partial charge >= 0.3 is 18.1 Å². The van der Waals surface area contributed by atoms with E-state index >= 15 is 0 Å². The number of nitrogens with zero attached hydrogens (tertiary/aromatic N) is 1. The van der Waals surface area contributed by atoms with Crippen molar-refractivity contribution in [1.29, 1.82) is 0 Å². The van der Waals surface area contributed by atoms with Crippen LogP contribution in [0.1, 0.15) is 28.4 Å². The second-order valence-electron chi connectivity index (χ2n) is 5.83. The molecule has 0 aliphatic rings. The average Bonchev–Trinajstić information content (AvgIpc) is 2.68. The van der Waals surface area contributed by atoms with Gasteiger partial charge in [0.15, 0.2) is 0 Å². The molecule has 0 spiro atoms. The highest BCUT2D eigenvalue weighted by atomic mass is 19.4. The number of amides is 1. The monoisotopic (exact) mass is 426 g/mol. The number of ether oxygens (including phenoxy) is 2. The van der Waals surface area contributed by atoms with E-state index in [1.165, 1.54) is 25.3 Å². The summed E-state index contributed by atoms with van der Waals surface area (Å²) >= 11 is 0. The van der Waals surface area contributed by atoms with Gasteiger partial charge in [0.1, 0.15) is 11.4 Å². The molecule has 1 amide bonds. The van der Waals surface area contributed by atoms with Gasteiger partial charge in [0.05, 0.1) is 18.8 Å². The Labute approximate surface area is 168 Å². The predicted octanol–water partition coefficient (Wildman–Crippen LogP) is 2.89. The van der Waals surface area contributed by atoms with Gasteiger partial charge < -0.3 is 19.9 Å². The van der Waals surface area contributed by atoms with Crippen LogP contribution in [0.3, 0.4) is 0 Å². The molecule has 0 fully saturated rings. The van der Waals surface area contributed by atoms with Crippen molar-refractivity contribution in [1.82, 2.24) is 4.98 Å². The first-order valence-corrected chi connectivity index (χ1v) is 8.57. The largest absolute Gasteiger partial charge is 0.478 e. The summed E-state index contributed by atoms with van der Waals surface area (Å²) < 4.78 is 47.9. The van der Waals surface area contributed by atoms with Crippen LogP contribution < -0.4 is 5.32 Å². The Bertz CT molecular complexity index is 915. The number of rotatable bonds is 8. The molecule has 2 N–H and O–H groups in total. The Morgan fingerprint density at radius 2 is 1.83 bits per heavy atom. The lowest BCUT2D eigenvalue weighted by Crippen LogP contribution is -2.39. The zero-order chi connectivity index (χ0) is 22.3. The Balaban J connectivity index is 2.15. The van der Waals surface area contributed by atoms with Crippen LogP contribution in [0.25, 0.3) is 0 Å². The number of alkyl halides is 3. The van der Waals surface area contributed by atoms with Crippen molar-refractivity contribution in [2.75, 3.05) is 11.9 Å². The number of nitrogens with one attached hydrogen (secondary N) is 1. The Morgan fingerprint density at radius 1 is 1.17 bits per heavy atom. The van der Waals surface area contributed by atoms with Crippen molar-refractivity contribution >= 4 is 23.7 Å². The third kappa shape index (κ3) is 6.01. The molecule has 8 nitrogen and oxygen atoms in total. The second-order valence-corrected chi connectivity index (χ2v) is 5.83. The molecule has 160 valence electrons. The highest BCUT2D eigenvalue weighted by Gasteiger charge is 2.32. The molecule has 1 atom stereocenters. The smallest absolute Gasteiger partial charge is 0.416 e. The number of aromatic nitrogens is 1. The van der Waals surface area contributed by atoms with E-state index in [1.807, 2.05) is 0 Å². The van der Waals surface area contributed by atoms with Gasteiger partial charge in [-0.1, -0.05) is 12.1 Å². The van der Waals surface area contributed by atoms with Crippen LogP contribution >= 0.6 is 0 Å². The maximum Gasteiger partial charge on any atom is 0.416 e. The molecule has 30 heavy (non-hydrogen) atoms. The second kappa shape index (κ2) is 9.83. The van der Waals surface area contributed by atoms with Crippen LogP contribution in [0.15, 0.2) is 42.6 Å². The van der Waals surface area contributed by atoms with Crippen molar-refractivity contribution in [3.63, 3.8) is 0 Å². The summed E-state index contributed by atoms with van der Waals surface area (Å²) in [6.45, 7) is 1.07. The zero-order valence-corrected chi connectivity index (χ0v) is 15.6. The van der Waals surface area contributed by atoms with Crippen molar-refractivity contribution in [2.45, 2.75) is 25.8 Å². The van der Waals surface area contributed by atoms with Crippen LogP contribution in [-0.2, 0) is 31.8 Å². The van der Waals surface area contributed by atoms with Gasteiger partial charge in [-0.15, -0.1) is 0 Å². The number of carbonyl (C=O) groups is 3. The first kappa shape index (κ1) is 22.8. The maximum atomic E-state index is 12.6. The highest BCUT2D eigenvalue weighted by Crippen LogP contribution is 2.29. The van der Waals surface area contributed by atoms with E-state index in [-0.39, 0.29) is 30.2 Å². The maximum absolute atomic E-state index is 12.6. The molecule has 0 saturated heterocycles. The van der Waals surface area contributed by atoms with Gasteiger partial charge in [-0.3, -0.25) is 4.79 Å². The highest BCUT2D eigenvalue weighted by molar-refractivity contribution is 6.09. The van der Waals surface area contributed by atoms with E-state index < -0.39 is 35.7 Å². The molecule has 0 aliphatic carbocycles. The van der Waals surface area contributed by atoms with Gasteiger partial charge in [-0.25, -0.2) is 14.6 Å². The fourth-order valence-electron chi connectivity index (χ4n) is 2.30. The quantitative estimate of drug-likeness (QED) is 0.493. The molecule has 1 heterocycles. The molecule has 0 saturated carbocycles. The van der Waals surface area contributed by atoms with Gasteiger partial charge in [-0.05, 0) is 36.8 Å². The van der Waals surface area contributed by atoms with Gasteiger partial charge in [-0.2, -0.15) is 13.2 Å². The molecular weight excluding hydrogens is 409 g/mol. The van der Waals surface area contributed by atoms with Gasteiger partial charge in [0.25, 0.3) is 5.91 Å². The third-order valence-corrected chi connectivity index (χ3v) is 3.72. The van der Waals surface area contributed by atoms with Crippen LogP contribution in [0.5, 0.6) is 0 Å². The predicted molar refractivity (Wildman–Crippen MR) is 96.5 cm³/mol. The summed E-state index contributed by atoms with van der Waals surface area (Å²) in [4.78, 5) is 39.6. The number of esters is 1. The van der Waals surface area contributed by atoms with Crippen LogP contribution in [0.4, 0.5) is 19.0 Å². The molecule has 0 bridgehead atoms. The molecule has 1 aromatic heterocycles. The normalized spacial score (nSPS) is 12.1. The van der Waals surface area contributed by atoms with E-state index in [4.69, 9.17) is 14.6 Å². The Hall–Kier alpha value is -3.47. The fraction of sp³-hybridized carbons (Fsp3) is 0.263. The van der Waals surface area contributed by atoms with Crippen molar-refractivity contribution in [3.05, 3.63) is 59.3 Å². The fourth-order valence-corrected chi connectivity index (χ4v) is 2.30. The number of aromatic carboxylic acids is 1. The van der Waals surface area contributed by atoms with E-state index in [9.17, 15) is 27.6 Å². The first-order valence-electron chi connectivity index (χ1n) is 8.57. The summed E-state index contributed by atoms with van der Waals surface area (Å²) in [5.74, 6) is -3.74. The lowest BCUT2D eigenvalue weighted by Gasteiger charge is -2.17. The van der Waals surface area contributed by atoms with Gasteiger partial charge in [0.2, 0.25) is 6.10 Å². The van der Waals surface area contributed by atoms with Crippen LogP contribution in [0, 0.1) is 0 Å². The summed E-state index contributed by atoms with van der Waals surface area (Å²) in [5.41, 5.74) is -0.896. The number of benzene rings is 1. The SMILES string of the molecule is CCOC(=O)C(OCc1ccc(C(F)(F)F)cc1)C(=O)Nc1ncccc1C(=O)O. The summed E-state index contributed by atoms with van der Waals surface area (Å²) in [6, 6.07) is 6.52. The zero-order valence-electron chi connectivity index (χ0n) is 15.6. The number of hydrogen-bond donors (Lipinski definition) is 2. The number of carboxylic acids is 1. The minimum atomic E-state index is -4.50. The number of halogens is 3. The van der Waals surface area contributed by atoms with Crippen molar-refractivity contribution in [2.24, 2.45) is 0 Å². The number of carboxylic acid groups (broad SMARTS) is 1. The Morgan fingerprint density at radius 3 is 2.40 bits per heavy atom. The summed E-state index contributed by atoms with van der Waals surface area (Å²) in [5, 5.41) is 11.3. The molecular formula is C19H17F3N2O6. The number of hydrogen-bond acceptors (Lipinski definition) is 6. The molecule has 2 aromatic rings. The number of pyridine rings is 1. The summed E-state index contributed by atoms with van der Waals surface area (Å²) in [7, 11) is 0. The van der Waals surface area contributed by atoms with Crippen molar-refractivity contribution in [3.8, 4) is 0 Å². The molecule has 1 unspecified atom stereocenters. The van der Waals surface area contributed by atoms with Crippen LogP contribution in [-0.4, -0.2) is 40.6 Å².